The van der Waals surface area contributed by atoms with Crippen LogP contribution in [0.4, 0.5) is 4.39 Å². The number of rotatable bonds is 7. The van der Waals surface area contributed by atoms with Gasteiger partial charge in [0.2, 0.25) is 0 Å². The first-order chi connectivity index (χ1) is 24.5. The zero-order valence-corrected chi connectivity index (χ0v) is 28.7. The summed E-state index contributed by atoms with van der Waals surface area (Å²) >= 11 is 0. The number of halogens is 1. The van der Waals surface area contributed by atoms with Crippen LogP contribution in [0.15, 0.2) is 88.3 Å². The summed E-state index contributed by atoms with van der Waals surface area (Å²) in [6.45, 7) is 5.95. The quantitative estimate of drug-likeness (QED) is 0.160. The molecule has 3 heterocycles. The average Bonchev–Trinajstić information content (AvgIpc) is 3.12. The van der Waals surface area contributed by atoms with E-state index in [9.17, 15) is 24.3 Å². The van der Waals surface area contributed by atoms with Gasteiger partial charge < -0.3 is 28.5 Å². The first-order valence-electron chi connectivity index (χ1n) is 17.1. The Bertz CT molecular complexity index is 2030. The lowest BCUT2D eigenvalue weighted by Crippen LogP contribution is -2.69. The molecule has 11 heteroatoms. The third-order valence-corrected chi connectivity index (χ3v) is 11.5. The first kappa shape index (κ1) is 34.6. The van der Waals surface area contributed by atoms with E-state index in [1.807, 2.05) is 19.9 Å². The number of aliphatic hydroxyl groups is 1. The highest BCUT2D eigenvalue weighted by molar-refractivity contribution is 5.89. The van der Waals surface area contributed by atoms with Crippen LogP contribution >= 0.6 is 0 Å². The van der Waals surface area contributed by atoms with Crippen LogP contribution in [0.2, 0.25) is 0 Å². The molecular formula is C40H39FN2O8. The van der Waals surface area contributed by atoms with Crippen molar-refractivity contribution in [2.45, 2.75) is 70.2 Å². The highest BCUT2D eigenvalue weighted by atomic mass is 19.1. The van der Waals surface area contributed by atoms with Gasteiger partial charge in [-0.1, -0.05) is 32.0 Å². The Balaban J connectivity index is 1.28. The molecule has 4 aromatic rings. The highest BCUT2D eigenvalue weighted by Crippen LogP contribution is 2.65. The first-order valence-corrected chi connectivity index (χ1v) is 17.1. The van der Waals surface area contributed by atoms with Gasteiger partial charge in [0.15, 0.2) is 6.29 Å². The van der Waals surface area contributed by atoms with Crippen molar-refractivity contribution in [3.8, 4) is 23.1 Å². The lowest BCUT2D eigenvalue weighted by molar-refractivity contribution is -0.258. The summed E-state index contributed by atoms with van der Waals surface area (Å²) in [6, 6.07) is 19.6. The molecule has 0 saturated heterocycles. The molecule has 2 aromatic heterocycles. The van der Waals surface area contributed by atoms with Gasteiger partial charge in [-0.2, -0.15) is 5.26 Å². The van der Waals surface area contributed by atoms with Crippen molar-refractivity contribution in [1.82, 2.24) is 4.98 Å². The minimum atomic E-state index is -1.32. The minimum Gasteiger partial charge on any atom is -0.482 e. The topological polar surface area (TPSA) is 141 Å². The summed E-state index contributed by atoms with van der Waals surface area (Å²) in [5.74, 6) is -1.77. The summed E-state index contributed by atoms with van der Waals surface area (Å²) in [6.07, 6.45) is 1.11. The highest BCUT2D eigenvalue weighted by Gasteiger charge is 2.68. The van der Waals surface area contributed by atoms with Gasteiger partial charge in [-0.05, 0) is 85.9 Å². The number of hydrogen-bond donors (Lipinski definition) is 1. The Morgan fingerprint density at radius 1 is 1.14 bits per heavy atom. The molecule has 9 unspecified atom stereocenters. The number of nitrogens with zero attached hydrogens (tertiary/aromatic N) is 2. The fraction of sp³-hybridized carbons (Fsp3) is 0.400. The van der Waals surface area contributed by atoms with Crippen molar-refractivity contribution in [3.05, 3.63) is 118 Å². The maximum atomic E-state index is 14.8. The summed E-state index contributed by atoms with van der Waals surface area (Å²) < 4.78 is 45.7. The summed E-state index contributed by atoms with van der Waals surface area (Å²) in [4.78, 5) is 31.5. The smallest absolute Gasteiger partial charge is 0.345 e. The number of carbonyl (C=O) groups excluding carboxylic acids is 1. The van der Waals surface area contributed by atoms with Crippen molar-refractivity contribution < 1.29 is 37.7 Å². The molecule has 0 spiro atoms. The van der Waals surface area contributed by atoms with E-state index in [0.29, 0.717) is 30.4 Å². The molecule has 2 aromatic carbocycles. The average molecular weight is 695 g/mol. The van der Waals surface area contributed by atoms with E-state index in [2.05, 4.69) is 11.9 Å². The van der Waals surface area contributed by atoms with Gasteiger partial charge in [0.25, 0.3) is 0 Å². The molecule has 1 N–H and O–H groups in total. The van der Waals surface area contributed by atoms with Gasteiger partial charge in [0.05, 0.1) is 29.4 Å². The summed E-state index contributed by atoms with van der Waals surface area (Å²) in [5.41, 5.74) is -1.13. The Kier molecular flexibility index (Phi) is 9.04. The molecule has 51 heavy (non-hydrogen) atoms. The van der Waals surface area contributed by atoms with E-state index >= 15 is 0 Å². The minimum absolute atomic E-state index is 0.00851. The van der Waals surface area contributed by atoms with Crippen LogP contribution in [-0.4, -0.2) is 41.0 Å². The zero-order chi connectivity index (χ0) is 36.1. The predicted octanol–water partition coefficient (Wildman–Crippen LogP) is 6.93. The molecule has 1 aliphatic heterocycles. The number of nitriles is 1. The van der Waals surface area contributed by atoms with Crippen LogP contribution in [0.3, 0.4) is 0 Å². The van der Waals surface area contributed by atoms with Crippen LogP contribution in [-0.2, 0) is 14.2 Å². The van der Waals surface area contributed by atoms with Crippen LogP contribution in [0.1, 0.15) is 79.5 Å². The molecule has 0 bridgehead atoms. The fourth-order valence-electron chi connectivity index (χ4n) is 8.96. The van der Waals surface area contributed by atoms with Crippen LogP contribution in [0.5, 0.6) is 5.75 Å². The van der Waals surface area contributed by atoms with Gasteiger partial charge in [-0.25, -0.2) is 14.0 Å². The van der Waals surface area contributed by atoms with E-state index in [-0.39, 0.29) is 46.1 Å². The van der Waals surface area contributed by atoms with E-state index in [4.69, 9.17) is 23.4 Å². The number of ether oxygens (including phenoxy) is 4. The maximum Gasteiger partial charge on any atom is 0.345 e. The van der Waals surface area contributed by atoms with Crippen LogP contribution < -0.4 is 10.4 Å². The number of benzene rings is 2. The van der Waals surface area contributed by atoms with Crippen molar-refractivity contribution in [2.75, 3.05) is 7.11 Å². The summed E-state index contributed by atoms with van der Waals surface area (Å²) in [7, 11) is 1.47. The van der Waals surface area contributed by atoms with E-state index in [1.165, 1.54) is 25.3 Å². The third kappa shape index (κ3) is 5.91. The molecule has 2 fully saturated rings. The monoisotopic (exact) mass is 694 g/mol. The molecule has 10 nitrogen and oxygen atoms in total. The Labute approximate surface area is 294 Å². The van der Waals surface area contributed by atoms with E-state index < -0.39 is 52.8 Å². The zero-order valence-electron chi connectivity index (χ0n) is 28.7. The number of fused-ring (bicyclic) bond motifs is 4. The van der Waals surface area contributed by atoms with Crippen molar-refractivity contribution >= 4 is 5.97 Å². The third-order valence-electron chi connectivity index (χ3n) is 11.5. The van der Waals surface area contributed by atoms with Crippen molar-refractivity contribution in [3.63, 3.8) is 0 Å². The van der Waals surface area contributed by atoms with E-state index in [0.717, 1.165) is 0 Å². The second kappa shape index (κ2) is 13.3. The molecule has 2 saturated carbocycles. The molecule has 0 radical (unpaired) electrons. The number of esters is 1. The fourth-order valence-corrected chi connectivity index (χ4v) is 8.96. The lowest BCUT2D eigenvalue weighted by Gasteiger charge is -2.64. The molecule has 0 amide bonds. The number of pyridine rings is 1. The van der Waals surface area contributed by atoms with Gasteiger partial charge in [0, 0.05) is 42.6 Å². The number of carbonyl (C=O) groups is 1. The van der Waals surface area contributed by atoms with Gasteiger partial charge in [-0.15, -0.1) is 0 Å². The van der Waals surface area contributed by atoms with Gasteiger partial charge in [0.1, 0.15) is 34.6 Å². The van der Waals surface area contributed by atoms with Crippen molar-refractivity contribution in [2.24, 2.45) is 23.2 Å². The molecule has 264 valence electrons. The van der Waals surface area contributed by atoms with Crippen LogP contribution in [0, 0.1) is 40.3 Å². The SMILES string of the molecule is COC(OC1CCC2(C)C(CC(OC(=O)c3ccc(C#N)cc3)C3(C)Oc4cc(-c5cccnc5)oc(=O)c4C(O)C23)C1C)c1ccccc1F. The Morgan fingerprint density at radius 3 is 2.59 bits per heavy atom. The maximum absolute atomic E-state index is 14.8. The Morgan fingerprint density at radius 2 is 1.90 bits per heavy atom. The number of hydrogen-bond acceptors (Lipinski definition) is 10. The molecule has 2 aliphatic carbocycles. The molecule has 7 rings (SSSR count). The van der Waals surface area contributed by atoms with Crippen LogP contribution in [0.25, 0.3) is 11.3 Å². The Hall–Kier alpha value is -4.89. The predicted molar refractivity (Wildman–Crippen MR) is 182 cm³/mol. The molecular weight excluding hydrogens is 655 g/mol. The normalized spacial score (nSPS) is 30.1. The molecule has 3 aliphatic rings. The second-order valence-corrected chi connectivity index (χ2v) is 14.2. The molecule has 9 atom stereocenters. The lowest BCUT2D eigenvalue weighted by atomic mass is 9.46. The number of methoxy groups -OCH3 is 1. The standard InChI is InChI=1S/C40H39FN2O8/c1-22-27-18-32(50-36(45)24-13-11-23(20-42)12-14-24)40(3)35(34(44)33-31(51-40)19-30(48-37(33)46)25-8-7-17-43-21-25)39(27,2)16-15-29(22)49-38(47-4)26-9-5-6-10-28(26)41/h5-14,17,19,21-22,27,29,32,34-35,38,44H,15-16,18H2,1-4H3. The second-order valence-electron chi connectivity index (χ2n) is 14.2. The van der Waals surface area contributed by atoms with Gasteiger partial charge >= 0.3 is 11.6 Å². The summed E-state index contributed by atoms with van der Waals surface area (Å²) in [5, 5.41) is 21.6. The largest absolute Gasteiger partial charge is 0.482 e. The van der Waals surface area contributed by atoms with Gasteiger partial charge in [-0.3, -0.25) is 4.98 Å². The van der Waals surface area contributed by atoms with E-state index in [1.54, 1.807) is 60.9 Å². The number of aliphatic hydroxyl groups excluding tert-OH is 1. The number of aromatic nitrogens is 1. The van der Waals surface area contributed by atoms with Crippen molar-refractivity contribution in [1.29, 1.82) is 5.26 Å².